The van der Waals surface area contributed by atoms with Gasteiger partial charge in [-0.15, -0.1) is 11.3 Å². The topological polar surface area (TPSA) is 98.5 Å². The van der Waals surface area contributed by atoms with Crippen molar-refractivity contribution in [1.82, 2.24) is 0 Å². The van der Waals surface area contributed by atoms with E-state index < -0.39 is 23.4 Å². The molecule has 1 N–H and O–H groups in total. The van der Waals surface area contributed by atoms with E-state index in [0.717, 1.165) is 25.7 Å². The van der Waals surface area contributed by atoms with E-state index >= 15 is 0 Å². The number of fused-ring (bicyclic) bond motifs is 1. The van der Waals surface area contributed by atoms with E-state index in [1.165, 1.54) is 27.8 Å². The van der Waals surface area contributed by atoms with Crippen molar-refractivity contribution >= 4 is 34.6 Å². The summed E-state index contributed by atoms with van der Waals surface area (Å²) >= 11 is 1.42. The van der Waals surface area contributed by atoms with Crippen LogP contribution in [0.25, 0.3) is 0 Å². The molecule has 1 aromatic carbocycles. The van der Waals surface area contributed by atoms with Crippen molar-refractivity contribution < 1.29 is 19.2 Å². The van der Waals surface area contributed by atoms with Crippen LogP contribution in [0.5, 0.6) is 0 Å². The number of hydrogen-bond acceptors (Lipinski definition) is 6. The fourth-order valence-corrected chi connectivity index (χ4v) is 4.50. The number of para-hydroxylation sites is 1. The van der Waals surface area contributed by atoms with Gasteiger partial charge < -0.3 is 10.1 Å². The zero-order chi connectivity index (χ0) is 20.3. The number of carbonyl (C=O) groups is 2. The van der Waals surface area contributed by atoms with Gasteiger partial charge in [0.25, 0.3) is 11.6 Å². The SMILES string of the molecule is CC[C@H]1CCc2sc(C(=O)OCC(=O)Nc3c(C)cccc3[N+](=O)[O-])cc2C1. The number of nitro benzene ring substituents is 1. The van der Waals surface area contributed by atoms with E-state index in [-0.39, 0.29) is 11.4 Å². The van der Waals surface area contributed by atoms with E-state index in [0.29, 0.717) is 16.4 Å². The van der Waals surface area contributed by atoms with Crippen LogP contribution in [-0.2, 0) is 22.4 Å². The molecule has 1 aliphatic carbocycles. The summed E-state index contributed by atoms with van der Waals surface area (Å²) in [5.41, 5.74) is 1.68. The van der Waals surface area contributed by atoms with Crippen LogP contribution in [-0.4, -0.2) is 23.4 Å². The quantitative estimate of drug-likeness (QED) is 0.442. The zero-order valence-electron chi connectivity index (χ0n) is 15.8. The van der Waals surface area contributed by atoms with Crippen LogP contribution in [0, 0.1) is 23.0 Å². The van der Waals surface area contributed by atoms with Crippen molar-refractivity contribution in [2.45, 2.75) is 39.5 Å². The summed E-state index contributed by atoms with van der Waals surface area (Å²) in [5.74, 6) is -0.498. The Kier molecular flexibility index (Phi) is 6.08. The number of rotatable bonds is 6. The summed E-state index contributed by atoms with van der Waals surface area (Å²) in [5, 5.41) is 13.6. The van der Waals surface area contributed by atoms with Gasteiger partial charge in [-0.25, -0.2) is 4.79 Å². The maximum absolute atomic E-state index is 12.3. The second-order valence-corrected chi connectivity index (χ2v) is 8.06. The number of aryl methyl sites for hydroxylation is 2. The molecule has 0 fully saturated rings. The van der Waals surface area contributed by atoms with Crippen molar-refractivity contribution in [2.75, 3.05) is 11.9 Å². The second kappa shape index (κ2) is 8.52. The minimum Gasteiger partial charge on any atom is -0.451 e. The molecule has 1 heterocycles. The maximum atomic E-state index is 12.3. The average Bonchev–Trinajstić information content (AvgIpc) is 3.10. The van der Waals surface area contributed by atoms with E-state index in [2.05, 4.69) is 12.2 Å². The van der Waals surface area contributed by atoms with Gasteiger partial charge in [0, 0.05) is 10.9 Å². The van der Waals surface area contributed by atoms with Crippen molar-refractivity contribution in [3.05, 3.63) is 55.3 Å². The van der Waals surface area contributed by atoms with Gasteiger partial charge in [0.1, 0.15) is 10.6 Å². The highest BCUT2D eigenvalue weighted by molar-refractivity contribution is 7.14. The molecule has 1 aromatic heterocycles. The number of benzene rings is 1. The minimum absolute atomic E-state index is 0.116. The van der Waals surface area contributed by atoms with Crippen molar-refractivity contribution in [3.63, 3.8) is 0 Å². The number of nitro groups is 1. The Labute approximate surface area is 166 Å². The van der Waals surface area contributed by atoms with Crippen LogP contribution in [0.4, 0.5) is 11.4 Å². The van der Waals surface area contributed by atoms with Crippen LogP contribution >= 0.6 is 11.3 Å². The van der Waals surface area contributed by atoms with Gasteiger partial charge in [0.2, 0.25) is 0 Å². The Morgan fingerprint density at radius 3 is 2.89 bits per heavy atom. The molecule has 0 radical (unpaired) electrons. The Morgan fingerprint density at radius 2 is 2.18 bits per heavy atom. The van der Waals surface area contributed by atoms with Gasteiger partial charge in [0.15, 0.2) is 6.61 Å². The number of amides is 1. The second-order valence-electron chi connectivity index (χ2n) is 6.93. The molecule has 28 heavy (non-hydrogen) atoms. The lowest BCUT2D eigenvalue weighted by Gasteiger charge is -2.19. The first-order valence-corrected chi connectivity index (χ1v) is 10.0. The molecule has 2 aromatic rings. The third kappa shape index (κ3) is 4.39. The fraction of sp³-hybridized carbons (Fsp3) is 0.400. The highest BCUT2D eigenvalue weighted by atomic mass is 32.1. The van der Waals surface area contributed by atoms with Crippen LogP contribution in [0.3, 0.4) is 0 Å². The Bertz CT molecular complexity index is 921. The normalized spacial score (nSPS) is 15.6. The Hall–Kier alpha value is -2.74. The highest BCUT2D eigenvalue weighted by Gasteiger charge is 2.23. The zero-order valence-corrected chi connectivity index (χ0v) is 16.6. The molecule has 1 aliphatic rings. The molecular formula is C20H22N2O5S. The van der Waals surface area contributed by atoms with Crippen LogP contribution < -0.4 is 5.32 Å². The molecule has 148 valence electrons. The first-order chi connectivity index (χ1) is 13.4. The van der Waals surface area contributed by atoms with Gasteiger partial charge >= 0.3 is 5.97 Å². The molecule has 1 amide bonds. The van der Waals surface area contributed by atoms with Gasteiger partial charge in [-0.1, -0.05) is 25.5 Å². The molecule has 0 aliphatic heterocycles. The number of thiophene rings is 1. The number of hydrogen-bond donors (Lipinski definition) is 1. The predicted molar refractivity (Wildman–Crippen MR) is 107 cm³/mol. The lowest BCUT2D eigenvalue weighted by molar-refractivity contribution is -0.384. The van der Waals surface area contributed by atoms with Crippen LogP contribution in [0.1, 0.15) is 45.4 Å². The lowest BCUT2D eigenvalue weighted by atomic mass is 9.87. The predicted octanol–water partition coefficient (Wildman–Crippen LogP) is 4.28. The Balaban J connectivity index is 1.61. The van der Waals surface area contributed by atoms with Crippen LogP contribution in [0.15, 0.2) is 24.3 Å². The third-order valence-corrected chi connectivity index (χ3v) is 6.23. The number of esters is 1. The van der Waals surface area contributed by atoms with Gasteiger partial charge in [-0.05, 0) is 49.3 Å². The molecule has 0 saturated carbocycles. The molecule has 3 rings (SSSR count). The van der Waals surface area contributed by atoms with Crippen molar-refractivity contribution in [1.29, 1.82) is 0 Å². The first kappa shape index (κ1) is 20.0. The highest BCUT2D eigenvalue weighted by Crippen LogP contribution is 2.34. The number of nitrogens with one attached hydrogen (secondary N) is 1. The van der Waals surface area contributed by atoms with Gasteiger partial charge in [-0.3, -0.25) is 14.9 Å². The van der Waals surface area contributed by atoms with E-state index in [4.69, 9.17) is 4.74 Å². The first-order valence-electron chi connectivity index (χ1n) is 9.21. The standard InChI is InChI=1S/C20H22N2O5S/c1-3-13-7-8-16-14(9-13)10-17(28-16)20(24)27-11-18(23)21-19-12(2)5-4-6-15(19)22(25)26/h4-6,10,13H,3,7-9,11H2,1-2H3,(H,21,23)/t13-/m0/s1. The third-order valence-electron chi connectivity index (χ3n) is 5.01. The summed E-state index contributed by atoms with van der Waals surface area (Å²) in [6, 6.07) is 6.39. The van der Waals surface area contributed by atoms with Gasteiger partial charge in [0.05, 0.1) is 4.92 Å². The summed E-state index contributed by atoms with van der Waals surface area (Å²) in [4.78, 5) is 36.7. The molecule has 7 nitrogen and oxygen atoms in total. The number of carbonyl (C=O) groups excluding carboxylic acids is 2. The summed E-state index contributed by atoms with van der Waals surface area (Å²) in [6.45, 7) is 3.34. The molecule has 1 atom stereocenters. The average molecular weight is 402 g/mol. The lowest BCUT2D eigenvalue weighted by Crippen LogP contribution is -2.21. The Morgan fingerprint density at radius 1 is 1.39 bits per heavy atom. The minimum atomic E-state index is -0.613. The van der Waals surface area contributed by atoms with E-state index in [1.54, 1.807) is 19.1 Å². The molecule has 0 saturated heterocycles. The molecule has 8 heteroatoms. The number of nitrogens with zero attached hydrogens (tertiary/aromatic N) is 1. The maximum Gasteiger partial charge on any atom is 0.348 e. The molecule has 0 unspecified atom stereocenters. The fourth-order valence-electron chi connectivity index (χ4n) is 3.39. The van der Waals surface area contributed by atoms with Crippen LogP contribution in [0.2, 0.25) is 0 Å². The van der Waals surface area contributed by atoms with E-state index in [9.17, 15) is 19.7 Å². The summed E-state index contributed by atoms with van der Waals surface area (Å²) in [7, 11) is 0. The van der Waals surface area contributed by atoms with Gasteiger partial charge in [-0.2, -0.15) is 0 Å². The summed E-state index contributed by atoms with van der Waals surface area (Å²) < 4.78 is 5.12. The van der Waals surface area contributed by atoms with E-state index in [1.807, 2.05) is 6.07 Å². The van der Waals surface area contributed by atoms with Crippen molar-refractivity contribution in [2.24, 2.45) is 5.92 Å². The largest absolute Gasteiger partial charge is 0.451 e. The molecular weight excluding hydrogens is 380 g/mol. The smallest absolute Gasteiger partial charge is 0.348 e. The van der Waals surface area contributed by atoms with Crippen molar-refractivity contribution in [3.8, 4) is 0 Å². The molecule has 0 bridgehead atoms. The number of anilines is 1. The molecule has 0 spiro atoms. The monoisotopic (exact) mass is 402 g/mol. The number of ether oxygens (including phenoxy) is 1. The summed E-state index contributed by atoms with van der Waals surface area (Å²) in [6.07, 6.45) is 4.21.